The van der Waals surface area contributed by atoms with Gasteiger partial charge in [0.15, 0.2) is 0 Å². The molecule has 1 aliphatic carbocycles. The minimum Gasteiger partial charge on any atom is -0.317 e. The predicted octanol–water partition coefficient (Wildman–Crippen LogP) is 3.29. The zero-order valence-corrected chi connectivity index (χ0v) is 10.2. The van der Waals surface area contributed by atoms with Gasteiger partial charge in [-0.25, -0.2) is 0 Å². The van der Waals surface area contributed by atoms with Gasteiger partial charge >= 0.3 is 0 Å². The normalized spacial score (nSPS) is 30.6. The molecule has 0 aromatic carbocycles. The van der Waals surface area contributed by atoms with Crippen molar-refractivity contribution < 1.29 is 0 Å². The molecule has 0 amide bonds. The van der Waals surface area contributed by atoms with Crippen LogP contribution in [0.1, 0.15) is 25.1 Å². The van der Waals surface area contributed by atoms with Crippen LogP contribution in [-0.4, -0.2) is 13.1 Å². The van der Waals surface area contributed by atoms with Crippen molar-refractivity contribution in [3.05, 3.63) is 21.3 Å². The van der Waals surface area contributed by atoms with Crippen molar-refractivity contribution in [1.29, 1.82) is 0 Å². The van der Waals surface area contributed by atoms with Gasteiger partial charge in [-0.2, -0.15) is 0 Å². The minimum atomic E-state index is 0.403. The lowest BCUT2D eigenvalue weighted by molar-refractivity contribution is 0.597. The number of thiophene rings is 1. The molecule has 1 aromatic rings. The molecule has 14 heavy (non-hydrogen) atoms. The van der Waals surface area contributed by atoms with E-state index in [-0.39, 0.29) is 0 Å². The molecule has 78 valence electrons. The second-order valence-corrected chi connectivity index (χ2v) is 5.95. The molecule has 2 atom stereocenters. The van der Waals surface area contributed by atoms with Gasteiger partial charge in [0.1, 0.15) is 0 Å². The fourth-order valence-electron chi connectivity index (χ4n) is 1.99. The fraction of sp³-hybridized carbons (Fsp3) is 0.636. The number of nitrogens with one attached hydrogen (secondary N) is 1. The third kappa shape index (κ3) is 1.83. The molecule has 1 saturated carbocycles. The van der Waals surface area contributed by atoms with E-state index in [1.807, 2.05) is 6.07 Å². The van der Waals surface area contributed by atoms with Crippen LogP contribution in [0.3, 0.4) is 0 Å². The van der Waals surface area contributed by atoms with Gasteiger partial charge in [-0.3, -0.25) is 0 Å². The van der Waals surface area contributed by atoms with Gasteiger partial charge in [-0.15, -0.1) is 11.3 Å². The van der Waals surface area contributed by atoms with Crippen LogP contribution in [0.4, 0.5) is 0 Å². The van der Waals surface area contributed by atoms with E-state index in [1.165, 1.54) is 11.3 Å². The van der Waals surface area contributed by atoms with Gasteiger partial charge in [-0.05, 0) is 37.6 Å². The smallest absolute Gasteiger partial charge is 0.0931 e. The molecule has 0 spiro atoms. The van der Waals surface area contributed by atoms with Crippen molar-refractivity contribution in [2.45, 2.75) is 25.7 Å². The number of hydrogen-bond acceptors (Lipinski definition) is 2. The molecule has 1 N–H and O–H groups in total. The zero-order chi connectivity index (χ0) is 10.2. The Hall–Kier alpha value is -0.0500. The van der Waals surface area contributed by atoms with E-state index in [0.29, 0.717) is 5.41 Å². The highest BCUT2D eigenvalue weighted by molar-refractivity contribution is 7.16. The highest BCUT2D eigenvalue weighted by atomic mass is 35.5. The molecular formula is C11H16ClNS. The Morgan fingerprint density at radius 3 is 3.00 bits per heavy atom. The molecule has 0 bridgehead atoms. The molecule has 1 aliphatic rings. The Kier molecular flexibility index (Phi) is 2.87. The van der Waals surface area contributed by atoms with Crippen LogP contribution in [0, 0.1) is 5.92 Å². The molecule has 0 radical (unpaired) electrons. The summed E-state index contributed by atoms with van der Waals surface area (Å²) in [6.45, 7) is 6.71. The standard InChI is InChI=1S/C11H16ClNS/c1-3-13-7-8-6-11(8,2)9-4-5-10(12)14-9/h4-5,8,13H,3,6-7H2,1-2H3. The maximum absolute atomic E-state index is 5.95. The van der Waals surface area contributed by atoms with Crippen molar-refractivity contribution >= 4 is 22.9 Å². The van der Waals surface area contributed by atoms with Crippen molar-refractivity contribution in [3.8, 4) is 0 Å². The van der Waals surface area contributed by atoms with Crippen LogP contribution >= 0.6 is 22.9 Å². The van der Waals surface area contributed by atoms with Gasteiger partial charge in [-0.1, -0.05) is 25.4 Å². The average Bonchev–Trinajstić information content (AvgIpc) is 2.58. The van der Waals surface area contributed by atoms with E-state index in [0.717, 1.165) is 23.3 Å². The first-order valence-corrected chi connectivity index (χ1v) is 6.33. The third-order valence-electron chi connectivity index (χ3n) is 3.19. The summed E-state index contributed by atoms with van der Waals surface area (Å²) in [6, 6.07) is 4.19. The third-order valence-corrected chi connectivity index (χ3v) is 4.70. The Balaban J connectivity index is 1.99. The van der Waals surface area contributed by atoms with E-state index >= 15 is 0 Å². The quantitative estimate of drug-likeness (QED) is 0.836. The lowest BCUT2D eigenvalue weighted by Gasteiger charge is -2.08. The number of hydrogen-bond donors (Lipinski definition) is 1. The molecule has 1 aromatic heterocycles. The molecule has 0 saturated heterocycles. The summed E-state index contributed by atoms with van der Waals surface area (Å²) in [4.78, 5) is 1.45. The summed E-state index contributed by atoms with van der Waals surface area (Å²) in [7, 11) is 0. The van der Waals surface area contributed by atoms with Crippen LogP contribution in [-0.2, 0) is 5.41 Å². The largest absolute Gasteiger partial charge is 0.317 e. The van der Waals surface area contributed by atoms with Crippen LogP contribution < -0.4 is 5.32 Å². The maximum Gasteiger partial charge on any atom is 0.0931 e. The first kappa shape index (κ1) is 10.5. The highest BCUT2D eigenvalue weighted by Gasteiger charge is 2.51. The molecule has 3 heteroatoms. The van der Waals surface area contributed by atoms with E-state index in [9.17, 15) is 0 Å². The molecule has 1 nitrogen and oxygen atoms in total. The summed E-state index contributed by atoms with van der Waals surface area (Å²) in [6.07, 6.45) is 1.30. The molecule has 1 heterocycles. The van der Waals surface area contributed by atoms with Crippen molar-refractivity contribution in [2.24, 2.45) is 5.92 Å². The van der Waals surface area contributed by atoms with Gasteiger partial charge in [0.25, 0.3) is 0 Å². The van der Waals surface area contributed by atoms with Crippen molar-refractivity contribution in [1.82, 2.24) is 5.32 Å². The van der Waals surface area contributed by atoms with Crippen LogP contribution in [0.5, 0.6) is 0 Å². The summed E-state index contributed by atoms with van der Waals surface area (Å²) in [5.74, 6) is 0.803. The first-order valence-electron chi connectivity index (χ1n) is 5.13. The fourth-order valence-corrected chi connectivity index (χ4v) is 3.27. The molecular weight excluding hydrogens is 214 g/mol. The summed E-state index contributed by atoms with van der Waals surface area (Å²) < 4.78 is 0.912. The van der Waals surface area contributed by atoms with Crippen LogP contribution in [0.25, 0.3) is 0 Å². The topological polar surface area (TPSA) is 12.0 Å². The Labute approximate surface area is 94.5 Å². The summed E-state index contributed by atoms with van der Waals surface area (Å²) >= 11 is 7.68. The second kappa shape index (κ2) is 3.84. The second-order valence-electron chi connectivity index (χ2n) is 4.23. The molecule has 2 rings (SSSR count). The Morgan fingerprint density at radius 2 is 2.43 bits per heavy atom. The highest BCUT2D eigenvalue weighted by Crippen LogP contribution is 2.55. The van der Waals surface area contributed by atoms with E-state index in [4.69, 9.17) is 11.6 Å². The number of halogens is 1. The lowest BCUT2D eigenvalue weighted by Crippen LogP contribution is -2.19. The van der Waals surface area contributed by atoms with Gasteiger partial charge in [0, 0.05) is 10.3 Å². The first-order chi connectivity index (χ1) is 6.66. The van der Waals surface area contributed by atoms with Gasteiger partial charge in [0.2, 0.25) is 0 Å². The van der Waals surface area contributed by atoms with Gasteiger partial charge < -0.3 is 5.32 Å². The molecule has 1 fully saturated rings. The van der Waals surface area contributed by atoms with E-state index in [1.54, 1.807) is 11.3 Å². The average molecular weight is 230 g/mol. The zero-order valence-electron chi connectivity index (χ0n) is 8.64. The predicted molar refractivity (Wildman–Crippen MR) is 63.3 cm³/mol. The maximum atomic E-state index is 5.95. The molecule has 2 unspecified atom stereocenters. The summed E-state index contributed by atoms with van der Waals surface area (Å²) in [5, 5.41) is 3.41. The number of rotatable bonds is 4. The monoisotopic (exact) mass is 229 g/mol. The van der Waals surface area contributed by atoms with Crippen molar-refractivity contribution in [3.63, 3.8) is 0 Å². The Bertz CT molecular complexity index is 323. The summed E-state index contributed by atoms with van der Waals surface area (Å²) in [5.41, 5.74) is 0.403. The van der Waals surface area contributed by atoms with Crippen LogP contribution in [0.2, 0.25) is 4.34 Å². The lowest BCUT2D eigenvalue weighted by atomic mass is 10.0. The van der Waals surface area contributed by atoms with Crippen molar-refractivity contribution in [2.75, 3.05) is 13.1 Å². The van der Waals surface area contributed by atoms with E-state index < -0.39 is 0 Å². The van der Waals surface area contributed by atoms with E-state index in [2.05, 4.69) is 25.2 Å². The molecule has 0 aliphatic heterocycles. The minimum absolute atomic E-state index is 0.403. The Morgan fingerprint density at radius 1 is 1.64 bits per heavy atom. The van der Waals surface area contributed by atoms with Gasteiger partial charge in [0.05, 0.1) is 4.34 Å². The van der Waals surface area contributed by atoms with Crippen LogP contribution in [0.15, 0.2) is 12.1 Å². The SMILES string of the molecule is CCNCC1CC1(C)c1ccc(Cl)s1.